The van der Waals surface area contributed by atoms with Gasteiger partial charge in [0.15, 0.2) is 0 Å². The standard InChI is InChI=1S/C24H26N2/c1-5-16-7-9-19-20-10-8-17(6-2)13-22(20)24-23(21(19)12-16)25-14-18(26-24)11-15(3)4/h7-10,12-15H,5-6,11H2,1-4H3. The third-order valence-electron chi connectivity index (χ3n) is 5.22. The van der Waals surface area contributed by atoms with Crippen molar-refractivity contribution in [2.45, 2.75) is 47.0 Å². The van der Waals surface area contributed by atoms with E-state index >= 15 is 0 Å². The van der Waals surface area contributed by atoms with Crippen LogP contribution < -0.4 is 0 Å². The summed E-state index contributed by atoms with van der Waals surface area (Å²) < 4.78 is 0. The molecule has 4 aromatic rings. The Morgan fingerprint density at radius 3 is 1.88 bits per heavy atom. The number of hydrogen-bond acceptors (Lipinski definition) is 2. The van der Waals surface area contributed by atoms with E-state index in [0.29, 0.717) is 5.92 Å². The number of hydrogen-bond donors (Lipinski definition) is 0. The lowest BCUT2D eigenvalue weighted by atomic mass is 9.95. The minimum Gasteiger partial charge on any atom is -0.252 e. The largest absolute Gasteiger partial charge is 0.252 e. The maximum atomic E-state index is 5.06. The van der Waals surface area contributed by atoms with Gasteiger partial charge in [0, 0.05) is 17.0 Å². The van der Waals surface area contributed by atoms with Crippen molar-refractivity contribution in [3.63, 3.8) is 0 Å². The van der Waals surface area contributed by atoms with Gasteiger partial charge in [-0.15, -0.1) is 0 Å². The maximum Gasteiger partial charge on any atom is 0.0975 e. The summed E-state index contributed by atoms with van der Waals surface area (Å²) in [7, 11) is 0. The molecule has 0 aliphatic rings. The summed E-state index contributed by atoms with van der Waals surface area (Å²) in [4.78, 5) is 9.94. The molecule has 26 heavy (non-hydrogen) atoms. The topological polar surface area (TPSA) is 25.8 Å². The van der Waals surface area contributed by atoms with Crippen LogP contribution in [-0.2, 0) is 19.3 Å². The predicted molar refractivity (Wildman–Crippen MR) is 112 cm³/mol. The molecule has 4 rings (SSSR count). The van der Waals surface area contributed by atoms with E-state index in [-0.39, 0.29) is 0 Å². The second-order valence-electron chi connectivity index (χ2n) is 7.62. The van der Waals surface area contributed by atoms with E-state index in [1.807, 2.05) is 6.20 Å². The maximum absolute atomic E-state index is 5.06. The van der Waals surface area contributed by atoms with Crippen LogP contribution in [0.3, 0.4) is 0 Å². The second kappa shape index (κ2) is 6.68. The molecule has 0 radical (unpaired) electrons. The molecule has 0 aliphatic heterocycles. The first kappa shape index (κ1) is 17.0. The number of aryl methyl sites for hydroxylation is 2. The van der Waals surface area contributed by atoms with Gasteiger partial charge in [-0.3, -0.25) is 4.98 Å². The highest BCUT2D eigenvalue weighted by Gasteiger charge is 2.13. The lowest BCUT2D eigenvalue weighted by molar-refractivity contribution is 0.635. The summed E-state index contributed by atoms with van der Waals surface area (Å²) in [5.41, 5.74) is 5.86. The lowest BCUT2D eigenvalue weighted by Crippen LogP contribution is -2.00. The van der Waals surface area contributed by atoms with Crippen LogP contribution in [0.15, 0.2) is 42.6 Å². The van der Waals surface area contributed by atoms with Crippen molar-refractivity contribution in [3.8, 4) is 0 Å². The molecular formula is C24H26N2. The van der Waals surface area contributed by atoms with Crippen LogP contribution in [0.25, 0.3) is 32.6 Å². The summed E-state index contributed by atoms with van der Waals surface area (Å²) in [6.45, 7) is 8.86. The molecule has 0 unspecified atom stereocenters. The highest BCUT2D eigenvalue weighted by molar-refractivity contribution is 6.23. The summed E-state index contributed by atoms with van der Waals surface area (Å²) in [6, 6.07) is 13.6. The zero-order valence-electron chi connectivity index (χ0n) is 16.1. The van der Waals surface area contributed by atoms with Crippen LogP contribution in [0.2, 0.25) is 0 Å². The van der Waals surface area contributed by atoms with Gasteiger partial charge in [0.25, 0.3) is 0 Å². The highest BCUT2D eigenvalue weighted by atomic mass is 14.8. The number of nitrogens with zero attached hydrogens (tertiary/aromatic N) is 2. The van der Waals surface area contributed by atoms with Crippen molar-refractivity contribution in [1.82, 2.24) is 9.97 Å². The average molecular weight is 342 g/mol. The molecule has 0 saturated carbocycles. The van der Waals surface area contributed by atoms with Gasteiger partial charge in [0.05, 0.1) is 16.7 Å². The highest BCUT2D eigenvalue weighted by Crippen LogP contribution is 2.34. The van der Waals surface area contributed by atoms with Gasteiger partial charge >= 0.3 is 0 Å². The molecule has 0 N–H and O–H groups in total. The normalized spacial score (nSPS) is 11.9. The number of rotatable bonds is 4. The molecule has 2 nitrogen and oxygen atoms in total. The molecule has 2 heteroatoms. The smallest absolute Gasteiger partial charge is 0.0975 e. The first-order chi connectivity index (χ1) is 12.6. The third kappa shape index (κ3) is 2.84. The van der Waals surface area contributed by atoms with Gasteiger partial charge in [0.1, 0.15) is 0 Å². The van der Waals surface area contributed by atoms with Gasteiger partial charge in [-0.25, -0.2) is 4.98 Å². The van der Waals surface area contributed by atoms with E-state index in [2.05, 4.69) is 64.1 Å². The third-order valence-corrected chi connectivity index (χ3v) is 5.22. The Labute approximate surface area is 155 Å². The van der Waals surface area contributed by atoms with Crippen LogP contribution in [0.5, 0.6) is 0 Å². The summed E-state index contributed by atoms with van der Waals surface area (Å²) in [6.07, 6.45) is 4.99. The minimum atomic E-state index is 0.575. The molecule has 0 saturated heterocycles. The monoisotopic (exact) mass is 342 g/mol. The lowest BCUT2D eigenvalue weighted by Gasteiger charge is -2.13. The SMILES string of the molecule is CCc1ccc2c3ccc(CC)cc3c3nc(CC(C)C)cnc3c2c1. The van der Waals surface area contributed by atoms with E-state index in [1.54, 1.807) is 0 Å². The Balaban J connectivity index is 2.15. The Bertz CT molecular complexity index is 1110. The fourth-order valence-corrected chi connectivity index (χ4v) is 3.81. The fraction of sp³-hybridized carbons (Fsp3) is 0.333. The van der Waals surface area contributed by atoms with Crippen molar-refractivity contribution >= 4 is 32.6 Å². The van der Waals surface area contributed by atoms with Gasteiger partial charge < -0.3 is 0 Å². The van der Waals surface area contributed by atoms with E-state index < -0.39 is 0 Å². The second-order valence-corrected chi connectivity index (χ2v) is 7.62. The van der Waals surface area contributed by atoms with Crippen LogP contribution in [-0.4, -0.2) is 9.97 Å². The van der Waals surface area contributed by atoms with Crippen LogP contribution >= 0.6 is 0 Å². The molecule has 0 amide bonds. The Morgan fingerprint density at radius 2 is 1.35 bits per heavy atom. The average Bonchev–Trinajstić information content (AvgIpc) is 2.66. The molecule has 0 atom stereocenters. The molecule has 0 bridgehead atoms. The van der Waals surface area contributed by atoms with Gasteiger partial charge in [-0.1, -0.05) is 52.0 Å². The molecular weight excluding hydrogens is 316 g/mol. The minimum absolute atomic E-state index is 0.575. The van der Waals surface area contributed by atoms with Crippen LogP contribution in [0.4, 0.5) is 0 Å². The van der Waals surface area contributed by atoms with E-state index in [1.165, 1.54) is 32.7 Å². The molecule has 1 aromatic heterocycles. The molecule has 0 spiro atoms. The Morgan fingerprint density at radius 1 is 0.769 bits per heavy atom. The van der Waals surface area contributed by atoms with E-state index in [4.69, 9.17) is 9.97 Å². The van der Waals surface area contributed by atoms with E-state index in [0.717, 1.165) is 36.0 Å². The summed E-state index contributed by atoms with van der Waals surface area (Å²) in [5, 5.41) is 5.01. The van der Waals surface area contributed by atoms with Crippen molar-refractivity contribution < 1.29 is 0 Å². The quantitative estimate of drug-likeness (QED) is 0.409. The zero-order valence-corrected chi connectivity index (χ0v) is 16.1. The summed E-state index contributed by atoms with van der Waals surface area (Å²) >= 11 is 0. The number of aromatic nitrogens is 2. The molecule has 132 valence electrons. The molecule has 3 aromatic carbocycles. The first-order valence-corrected chi connectivity index (χ1v) is 9.73. The molecule has 0 fully saturated rings. The molecule has 1 heterocycles. The van der Waals surface area contributed by atoms with Gasteiger partial charge in [-0.05, 0) is 59.2 Å². The number of benzene rings is 3. The first-order valence-electron chi connectivity index (χ1n) is 9.73. The van der Waals surface area contributed by atoms with Crippen LogP contribution in [0, 0.1) is 5.92 Å². The zero-order chi connectivity index (χ0) is 18.3. The number of fused-ring (bicyclic) bond motifs is 6. The predicted octanol–water partition coefficient (Wildman–Crippen LogP) is 6.26. The Hall–Kier alpha value is -2.48. The van der Waals surface area contributed by atoms with Crippen molar-refractivity contribution in [2.75, 3.05) is 0 Å². The Kier molecular flexibility index (Phi) is 4.36. The fourth-order valence-electron chi connectivity index (χ4n) is 3.81. The van der Waals surface area contributed by atoms with E-state index in [9.17, 15) is 0 Å². The van der Waals surface area contributed by atoms with Crippen molar-refractivity contribution in [3.05, 3.63) is 59.4 Å². The van der Waals surface area contributed by atoms with Gasteiger partial charge in [-0.2, -0.15) is 0 Å². The van der Waals surface area contributed by atoms with Gasteiger partial charge in [0.2, 0.25) is 0 Å². The van der Waals surface area contributed by atoms with Crippen LogP contribution in [0.1, 0.15) is 44.5 Å². The summed E-state index contributed by atoms with van der Waals surface area (Å²) in [5.74, 6) is 0.575. The van der Waals surface area contributed by atoms with Crippen molar-refractivity contribution in [1.29, 1.82) is 0 Å². The molecule has 0 aliphatic carbocycles. The van der Waals surface area contributed by atoms with Crippen molar-refractivity contribution in [2.24, 2.45) is 5.92 Å².